The van der Waals surface area contributed by atoms with Crippen molar-refractivity contribution in [1.29, 1.82) is 0 Å². The van der Waals surface area contributed by atoms with E-state index in [0.717, 1.165) is 0 Å². The van der Waals surface area contributed by atoms with Crippen LogP contribution in [0.1, 0.15) is 31.1 Å². The number of carbonyl (C=O) groups excluding carboxylic acids is 3. The van der Waals surface area contributed by atoms with Crippen LogP contribution < -0.4 is 21.3 Å². The molecule has 0 fully saturated rings. The average Bonchev–Trinajstić information content (AvgIpc) is 2.74. The molecule has 4 amide bonds. The summed E-state index contributed by atoms with van der Waals surface area (Å²) in [6.07, 6.45) is -0.598. The fourth-order valence-corrected chi connectivity index (χ4v) is 2.81. The van der Waals surface area contributed by atoms with Crippen molar-refractivity contribution >= 4 is 40.8 Å². The van der Waals surface area contributed by atoms with Crippen molar-refractivity contribution in [2.45, 2.75) is 26.4 Å². The van der Waals surface area contributed by atoms with Crippen LogP contribution in [-0.4, -0.2) is 23.6 Å². The van der Waals surface area contributed by atoms with Crippen LogP contribution in [0.25, 0.3) is 0 Å². The number of carbonyl (C=O) groups is 3. The highest BCUT2D eigenvalue weighted by Gasteiger charge is 2.16. The minimum atomic E-state index is -0.623. The highest BCUT2D eigenvalue weighted by atomic mass is 16.6. The summed E-state index contributed by atoms with van der Waals surface area (Å²) < 4.78 is 5.22. The van der Waals surface area contributed by atoms with Crippen LogP contribution in [0.4, 0.5) is 32.3 Å². The van der Waals surface area contributed by atoms with Gasteiger partial charge in [-0.05, 0) is 75.4 Å². The van der Waals surface area contributed by atoms with Gasteiger partial charge in [0.25, 0.3) is 5.91 Å². The Morgan fingerprint density at radius 2 is 1.18 bits per heavy atom. The summed E-state index contributed by atoms with van der Waals surface area (Å²) in [5.41, 5.74) is 2.00. The summed E-state index contributed by atoms with van der Waals surface area (Å²) in [6, 6.07) is 22.0. The van der Waals surface area contributed by atoms with Crippen LogP contribution in [0.3, 0.4) is 0 Å². The predicted octanol–water partition coefficient (Wildman–Crippen LogP) is 5.93. The van der Waals surface area contributed by atoms with E-state index < -0.39 is 11.7 Å². The van der Waals surface area contributed by atoms with Crippen LogP contribution in [0.2, 0.25) is 0 Å². The second-order valence-corrected chi connectivity index (χ2v) is 8.18. The summed E-state index contributed by atoms with van der Waals surface area (Å²) in [4.78, 5) is 36.6. The number of anilines is 4. The lowest BCUT2D eigenvalue weighted by molar-refractivity contribution is 0.0635. The topological polar surface area (TPSA) is 109 Å². The zero-order valence-electron chi connectivity index (χ0n) is 18.6. The van der Waals surface area contributed by atoms with Crippen molar-refractivity contribution in [3.8, 4) is 0 Å². The van der Waals surface area contributed by atoms with Gasteiger partial charge in [0.1, 0.15) is 5.60 Å². The quantitative estimate of drug-likeness (QED) is 0.389. The molecule has 0 aliphatic carbocycles. The largest absolute Gasteiger partial charge is 0.444 e. The maximum atomic E-state index is 12.6. The third-order valence-electron chi connectivity index (χ3n) is 4.20. The molecule has 0 atom stereocenters. The second kappa shape index (κ2) is 10.3. The predicted molar refractivity (Wildman–Crippen MR) is 130 cm³/mol. The smallest absolute Gasteiger partial charge is 0.412 e. The second-order valence-electron chi connectivity index (χ2n) is 8.18. The van der Waals surface area contributed by atoms with Crippen molar-refractivity contribution < 1.29 is 19.1 Å². The Labute approximate surface area is 192 Å². The molecule has 4 N–H and O–H groups in total. The van der Waals surface area contributed by atoms with E-state index in [0.29, 0.717) is 28.3 Å². The van der Waals surface area contributed by atoms with E-state index in [2.05, 4.69) is 21.3 Å². The van der Waals surface area contributed by atoms with Gasteiger partial charge in [-0.15, -0.1) is 0 Å². The van der Waals surface area contributed by atoms with Gasteiger partial charge in [-0.25, -0.2) is 9.59 Å². The summed E-state index contributed by atoms with van der Waals surface area (Å²) in [7, 11) is 0. The molecule has 170 valence electrons. The van der Waals surface area contributed by atoms with Crippen molar-refractivity contribution in [3.63, 3.8) is 0 Å². The van der Waals surface area contributed by atoms with E-state index in [9.17, 15) is 14.4 Å². The third kappa shape index (κ3) is 7.70. The number of urea groups is 1. The molecule has 0 unspecified atom stereocenters. The first kappa shape index (κ1) is 23.3. The molecule has 33 heavy (non-hydrogen) atoms. The van der Waals surface area contributed by atoms with Gasteiger partial charge in [-0.2, -0.15) is 0 Å². The zero-order chi connectivity index (χ0) is 23.8. The normalized spacial score (nSPS) is 10.6. The Bertz CT molecular complexity index is 1120. The minimum absolute atomic E-state index is 0.342. The fraction of sp³-hybridized carbons (Fsp3) is 0.160. The number of hydrogen-bond donors (Lipinski definition) is 4. The number of nitrogens with one attached hydrogen (secondary N) is 4. The first-order valence-corrected chi connectivity index (χ1v) is 10.3. The van der Waals surface area contributed by atoms with Crippen LogP contribution in [0, 0.1) is 0 Å². The van der Waals surface area contributed by atoms with Crippen molar-refractivity contribution in [2.75, 3.05) is 21.3 Å². The molecule has 3 rings (SSSR count). The van der Waals surface area contributed by atoms with Gasteiger partial charge in [-0.3, -0.25) is 10.1 Å². The number of rotatable bonds is 5. The SMILES string of the molecule is CC(C)(C)OC(=O)Nc1cccc(C(=O)Nc2ccc(NC(=O)Nc3ccccc3)cc2)c1. The first-order chi connectivity index (χ1) is 15.7. The number of benzene rings is 3. The molecule has 0 saturated heterocycles. The molecular weight excluding hydrogens is 420 g/mol. The van der Waals surface area contributed by atoms with E-state index in [1.165, 1.54) is 0 Å². The van der Waals surface area contributed by atoms with E-state index in [1.54, 1.807) is 81.4 Å². The zero-order valence-corrected chi connectivity index (χ0v) is 18.6. The molecule has 0 aromatic heterocycles. The summed E-state index contributed by atoms with van der Waals surface area (Å²) in [6.45, 7) is 5.31. The standard InChI is InChI=1S/C25H26N4O4/c1-25(2,3)33-24(32)29-21-11-7-8-17(16-21)22(30)26-19-12-14-20(15-13-19)28-23(31)27-18-9-5-4-6-10-18/h4-16H,1-3H3,(H,26,30)(H,29,32)(H2,27,28,31). The van der Waals surface area contributed by atoms with Crippen LogP contribution in [0.5, 0.6) is 0 Å². The van der Waals surface area contributed by atoms with Gasteiger partial charge in [0.2, 0.25) is 0 Å². The van der Waals surface area contributed by atoms with Gasteiger partial charge >= 0.3 is 12.1 Å². The summed E-state index contributed by atoms with van der Waals surface area (Å²) in [5, 5.41) is 10.9. The third-order valence-corrected chi connectivity index (χ3v) is 4.20. The molecule has 0 radical (unpaired) electrons. The van der Waals surface area contributed by atoms with E-state index in [1.807, 2.05) is 18.2 Å². The van der Waals surface area contributed by atoms with Crippen molar-refractivity contribution in [1.82, 2.24) is 0 Å². The molecule has 0 aliphatic rings. The van der Waals surface area contributed by atoms with E-state index in [-0.39, 0.29) is 11.9 Å². The van der Waals surface area contributed by atoms with E-state index in [4.69, 9.17) is 4.74 Å². The number of ether oxygens (including phenoxy) is 1. The van der Waals surface area contributed by atoms with Crippen LogP contribution >= 0.6 is 0 Å². The van der Waals surface area contributed by atoms with Crippen LogP contribution in [-0.2, 0) is 4.74 Å². The van der Waals surface area contributed by atoms with Gasteiger partial charge in [-0.1, -0.05) is 24.3 Å². The summed E-state index contributed by atoms with van der Waals surface area (Å²) in [5.74, 6) is -0.342. The molecule has 3 aromatic carbocycles. The summed E-state index contributed by atoms with van der Waals surface area (Å²) >= 11 is 0. The van der Waals surface area contributed by atoms with Crippen molar-refractivity contribution in [3.05, 3.63) is 84.4 Å². The van der Waals surface area contributed by atoms with Gasteiger partial charge in [0.15, 0.2) is 0 Å². The monoisotopic (exact) mass is 446 g/mol. The minimum Gasteiger partial charge on any atom is -0.444 e. The number of amides is 4. The Morgan fingerprint density at radius 3 is 1.79 bits per heavy atom. The Kier molecular flexibility index (Phi) is 7.30. The number of para-hydroxylation sites is 1. The fourth-order valence-electron chi connectivity index (χ4n) is 2.81. The first-order valence-electron chi connectivity index (χ1n) is 10.3. The maximum Gasteiger partial charge on any atom is 0.412 e. The molecule has 0 bridgehead atoms. The molecule has 0 saturated carbocycles. The van der Waals surface area contributed by atoms with Gasteiger partial charge < -0.3 is 20.7 Å². The highest BCUT2D eigenvalue weighted by Crippen LogP contribution is 2.18. The van der Waals surface area contributed by atoms with E-state index >= 15 is 0 Å². The molecule has 0 spiro atoms. The maximum absolute atomic E-state index is 12.6. The Balaban J connectivity index is 1.56. The lowest BCUT2D eigenvalue weighted by Gasteiger charge is -2.19. The Morgan fingerprint density at radius 1 is 0.636 bits per heavy atom. The molecular formula is C25H26N4O4. The number of hydrogen-bond acceptors (Lipinski definition) is 4. The molecule has 8 nitrogen and oxygen atoms in total. The van der Waals surface area contributed by atoms with Crippen molar-refractivity contribution in [2.24, 2.45) is 0 Å². The lowest BCUT2D eigenvalue weighted by atomic mass is 10.1. The highest BCUT2D eigenvalue weighted by molar-refractivity contribution is 6.05. The van der Waals surface area contributed by atoms with Gasteiger partial charge in [0.05, 0.1) is 0 Å². The molecule has 0 aliphatic heterocycles. The average molecular weight is 447 g/mol. The Hall–Kier alpha value is -4.33. The lowest BCUT2D eigenvalue weighted by Crippen LogP contribution is -2.27. The molecule has 8 heteroatoms. The van der Waals surface area contributed by atoms with Gasteiger partial charge in [0, 0.05) is 28.3 Å². The van der Waals surface area contributed by atoms with Crippen LogP contribution in [0.15, 0.2) is 78.9 Å². The molecule has 3 aromatic rings. The molecule has 0 heterocycles.